The summed E-state index contributed by atoms with van der Waals surface area (Å²) < 4.78 is 43.3. The zero-order valence-corrected chi connectivity index (χ0v) is 36.1. The molecule has 3 amide bonds. The number of aryl methyl sites for hydroxylation is 4. The highest BCUT2D eigenvalue weighted by Crippen LogP contribution is 2.31. The second-order valence-corrected chi connectivity index (χ2v) is 15.4. The molecule has 6 aromatic rings. The maximum atomic E-state index is 13.9. The number of ketones is 1. The van der Waals surface area contributed by atoms with Crippen LogP contribution in [-0.4, -0.2) is 111 Å². The van der Waals surface area contributed by atoms with Crippen molar-refractivity contribution in [2.24, 2.45) is 11.5 Å². The number of carbonyl (C=O) groups is 4. The number of nitrogens with one attached hydrogen (secondary N) is 1. The Hall–Kier alpha value is -6.87. The number of allylic oxidation sites excluding steroid dienone is 2. The summed E-state index contributed by atoms with van der Waals surface area (Å²) in [6.45, 7) is 7.32. The van der Waals surface area contributed by atoms with E-state index in [9.17, 15) is 28.0 Å². The minimum Gasteiger partial charge on any atom is -0.491 e. The van der Waals surface area contributed by atoms with Crippen LogP contribution in [0.3, 0.4) is 0 Å². The third kappa shape index (κ3) is 9.99. The van der Waals surface area contributed by atoms with Crippen LogP contribution >= 0.6 is 0 Å². The first-order valence-electron chi connectivity index (χ1n) is 21.1. The SMILES string of the molecule is CCn1nc(C)cc1C(=O)Cc1nc2cc(C(N)=O)cc(OCCCN3CCC[C@H]3COC(F)F)c2n1C/C=C/Cn1c(NC(=O)c2cc(C)nn2CC)nc2cc(C(N)=O)cnc21. The van der Waals surface area contributed by atoms with Crippen molar-refractivity contribution in [2.45, 2.75) is 92.2 Å². The molecule has 338 valence electrons. The van der Waals surface area contributed by atoms with Crippen LogP contribution in [0.25, 0.3) is 22.2 Å². The number of hydrogen-bond donors (Lipinski definition) is 3. The van der Waals surface area contributed by atoms with E-state index in [0.29, 0.717) is 82.6 Å². The number of ether oxygens (including phenoxy) is 2. The van der Waals surface area contributed by atoms with E-state index in [1.807, 2.05) is 37.5 Å². The normalized spacial score (nSPS) is 14.5. The first-order valence-corrected chi connectivity index (χ1v) is 21.1. The van der Waals surface area contributed by atoms with Gasteiger partial charge in [-0.25, -0.2) is 15.0 Å². The predicted molar refractivity (Wildman–Crippen MR) is 231 cm³/mol. The average Bonchev–Trinajstić information content (AvgIpc) is 4.10. The number of halogens is 2. The van der Waals surface area contributed by atoms with Crippen molar-refractivity contribution < 1.29 is 37.4 Å². The monoisotopic (exact) mass is 883 g/mol. The van der Waals surface area contributed by atoms with Gasteiger partial charge in [-0.2, -0.15) is 19.0 Å². The van der Waals surface area contributed by atoms with Crippen molar-refractivity contribution in [2.75, 3.05) is 31.6 Å². The number of hydrogen-bond acceptors (Lipinski definition) is 12. The number of primary amides is 2. The highest BCUT2D eigenvalue weighted by Gasteiger charge is 2.26. The van der Waals surface area contributed by atoms with Gasteiger partial charge in [0.2, 0.25) is 17.8 Å². The zero-order valence-electron chi connectivity index (χ0n) is 36.1. The molecule has 0 radical (unpaired) electrons. The Balaban J connectivity index is 1.20. The van der Waals surface area contributed by atoms with Gasteiger partial charge < -0.3 is 25.5 Å². The van der Waals surface area contributed by atoms with Crippen molar-refractivity contribution >= 4 is 51.7 Å². The van der Waals surface area contributed by atoms with E-state index in [1.165, 1.54) is 12.3 Å². The highest BCUT2D eigenvalue weighted by atomic mass is 19.3. The number of imidazole rings is 2. The molecule has 64 heavy (non-hydrogen) atoms. The molecule has 1 aromatic carbocycles. The highest BCUT2D eigenvalue weighted by molar-refractivity contribution is 6.03. The Morgan fingerprint density at radius 1 is 0.891 bits per heavy atom. The van der Waals surface area contributed by atoms with E-state index in [1.54, 1.807) is 45.1 Å². The maximum Gasteiger partial charge on any atom is 0.345 e. The molecule has 19 nitrogen and oxygen atoms in total. The van der Waals surface area contributed by atoms with E-state index < -0.39 is 24.3 Å². The lowest BCUT2D eigenvalue weighted by Gasteiger charge is -2.24. The predicted octanol–water partition coefficient (Wildman–Crippen LogP) is 4.44. The summed E-state index contributed by atoms with van der Waals surface area (Å²) in [7, 11) is 0. The molecule has 0 bridgehead atoms. The molecule has 0 unspecified atom stereocenters. The molecule has 0 saturated carbocycles. The van der Waals surface area contributed by atoms with Gasteiger partial charge in [-0.15, -0.1) is 0 Å². The average molecular weight is 884 g/mol. The van der Waals surface area contributed by atoms with Crippen LogP contribution in [0, 0.1) is 13.8 Å². The second-order valence-electron chi connectivity index (χ2n) is 15.4. The van der Waals surface area contributed by atoms with Crippen LogP contribution in [0.15, 0.2) is 48.7 Å². The second kappa shape index (κ2) is 19.7. The van der Waals surface area contributed by atoms with Crippen LogP contribution in [0.5, 0.6) is 5.75 Å². The largest absolute Gasteiger partial charge is 0.491 e. The van der Waals surface area contributed by atoms with Crippen LogP contribution in [0.1, 0.15) is 92.0 Å². The van der Waals surface area contributed by atoms with Gasteiger partial charge in [0.15, 0.2) is 11.4 Å². The molecule has 5 N–H and O–H groups in total. The zero-order chi connectivity index (χ0) is 45.7. The van der Waals surface area contributed by atoms with Gasteiger partial charge in [0.1, 0.15) is 34.0 Å². The van der Waals surface area contributed by atoms with Crippen molar-refractivity contribution in [3.63, 3.8) is 0 Å². The van der Waals surface area contributed by atoms with Gasteiger partial charge in [0.25, 0.3) is 5.91 Å². The molecule has 0 aliphatic carbocycles. The summed E-state index contributed by atoms with van der Waals surface area (Å²) in [6, 6.07) is 7.89. The van der Waals surface area contributed by atoms with Crippen LogP contribution in [-0.2, 0) is 37.3 Å². The summed E-state index contributed by atoms with van der Waals surface area (Å²) in [5, 5.41) is 11.7. The fourth-order valence-electron chi connectivity index (χ4n) is 8.03. The number of carbonyl (C=O) groups excluding carboxylic acids is 4. The first kappa shape index (κ1) is 45.2. The fraction of sp³-hybridized carbons (Fsp3) is 0.419. The lowest BCUT2D eigenvalue weighted by Crippen LogP contribution is -2.35. The minimum absolute atomic E-state index is 0.0580. The summed E-state index contributed by atoms with van der Waals surface area (Å²) in [4.78, 5) is 68.1. The van der Waals surface area contributed by atoms with Gasteiger partial charge in [-0.1, -0.05) is 12.2 Å². The summed E-state index contributed by atoms with van der Waals surface area (Å²) in [6.07, 6.45) is 7.08. The number of benzene rings is 1. The number of likely N-dealkylation sites (tertiary alicyclic amines) is 1. The van der Waals surface area contributed by atoms with Gasteiger partial charge in [0.05, 0.1) is 42.1 Å². The smallest absolute Gasteiger partial charge is 0.345 e. The van der Waals surface area contributed by atoms with Crippen molar-refractivity contribution in [1.82, 2.24) is 48.5 Å². The van der Waals surface area contributed by atoms with Crippen molar-refractivity contribution in [3.05, 3.63) is 88.4 Å². The van der Waals surface area contributed by atoms with E-state index in [4.69, 9.17) is 21.2 Å². The molecule has 1 aliphatic rings. The topological polar surface area (TPSA) is 238 Å². The summed E-state index contributed by atoms with van der Waals surface area (Å²) in [5.41, 5.74) is 15.4. The number of rotatable bonds is 21. The van der Waals surface area contributed by atoms with Gasteiger partial charge in [0, 0.05) is 50.5 Å². The number of alkyl halides is 2. The first-order chi connectivity index (χ1) is 30.7. The number of fused-ring (bicyclic) bond motifs is 2. The van der Waals surface area contributed by atoms with E-state index in [-0.39, 0.29) is 61.6 Å². The Morgan fingerprint density at radius 3 is 2.25 bits per heavy atom. The molecular formula is C43H51F2N13O6. The molecule has 6 heterocycles. The maximum absolute atomic E-state index is 13.9. The van der Waals surface area contributed by atoms with Crippen LogP contribution in [0.4, 0.5) is 14.7 Å². The number of pyridine rings is 1. The van der Waals surface area contributed by atoms with Gasteiger partial charge in [-0.05, 0) is 83.8 Å². The number of nitrogens with zero attached hydrogens (tertiary/aromatic N) is 10. The molecular weight excluding hydrogens is 833 g/mol. The molecule has 0 spiro atoms. The summed E-state index contributed by atoms with van der Waals surface area (Å²) in [5.74, 6) is -1.16. The molecule has 1 fully saturated rings. The Kier molecular flexibility index (Phi) is 13.9. The molecule has 1 atom stereocenters. The van der Waals surface area contributed by atoms with Gasteiger partial charge >= 0.3 is 6.61 Å². The quantitative estimate of drug-likeness (QED) is 0.0517. The number of nitrogens with two attached hydrogens (primary N) is 2. The molecule has 1 saturated heterocycles. The summed E-state index contributed by atoms with van der Waals surface area (Å²) >= 11 is 0. The third-order valence-electron chi connectivity index (χ3n) is 11.0. The molecule has 21 heteroatoms. The standard InChI is InChI=1S/C43H51F2N13O6/c1-5-57-32(17-25(3)52-57)34(59)22-36-49-30-19-27(38(46)60)21-35(63-16-10-13-54-12-9-11-29(54)24-64-42(44)45)37(30)55(36)14-7-8-15-56-40-31(20-28(23-48-40)39(47)61)50-43(56)51-41(62)33-18-26(4)53-58(33)6-2/h7-8,17-21,23,29,42H,5-6,9-16,22,24H2,1-4H3,(H2,46,60)(H2,47,61)(H,50,51,62)/b8-7+/t29-/m0/s1. The minimum atomic E-state index is -2.83. The van der Waals surface area contributed by atoms with Crippen LogP contribution in [0.2, 0.25) is 0 Å². The number of Topliss-reactive ketones (excluding diaryl/α,β-unsaturated/α-hetero) is 1. The van der Waals surface area contributed by atoms with E-state index in [0.717, 1.165) is 19.4 Å². The molecule has 5 aromatic heterocycles. The van der Waals surface area contributed by atoms with Crippen molar-refractivity contribution in [3.8, 4) is 5.75 Å². The van der Waals surface area contributed by atoms with E-state index >= 15 is 0 Å². The number of amides is 3. The number of aromatic nitrogens is 9. The Labute approximate surface area is 366 Å². The fourth-order valence-corrected chi connectivity index (χ4v) is 8.03. The number of anilines is 1. The third-order valence-corrected chi connectivity index (χ3v) is 11.0. The molecule has 1 aliphatic heterocycles. The van der Waals surface area contributed by atoms with Crippen LogP contribution < -0.4 is 21.5 Å². The lowest BCUT2D eigenvalue weighted by molar-refractivity contribution is -0.139. The van der Waals surface area contributed by atoms with E-state index in [2.05, 4.69) is 35.1 Å². The van der Waals surface area contributed by atoms with Gasteiger partial charge in [-0.3, -0.25) is 43.3 Å². The van der Waals surface area contributed by atoms with Crippen molar-refractivity contribution in [1.29, 1.82) is 0 Å². The lowest BCUT2D eigenvalue weighted by atomic mass is 10.1. The Morgan fingerprint density at radius 2 is 1.56 bits per heavy atom. The Bertz CT molecular complexity index is 2730. The molecule has 7 rings (SSSR count).